The molecule has 10 heteroatoms. The number of carbonyl (C=O) groups excluding carboxylic acids is 1. The molecular formula is C16H12F3N5OS. The monoisotopic (exact) mass is 379 g/mol. The summed E-state index contributed by atoms with van der Waals surface area (Å²) in [6, 6.07) is 6.87. The van der Waals surface area contributed by atoms with E-state index in [0.717, 1.165) is 35.6 Å². The van der Waals surface area contributed by atoms with Gasteiger partial charge in [-0.1, -0.05) is 0 Å². The number of amides is 1. The van der Waals surface area contributed by atoms with Gasteiger partial charge in [-0.05, 0) is 30.3 Å². The summed E-state index contributed by atoms with van der Waals surface area (Å²) in [5.74, 6) is 0.00171. The summed E-state index contributed by atoms with van der Waals surface area (Å²) in [7, 11) is 0. The lowest BCUT2D eigenvalue weighted by Crippen LogP contribution is -2.59. The predicted molar refractivity (Wildman–Crippen MR) is 90.1 cm³/mol. The lowest BCUT2D eigenvalue weighted by atomic mass is 10.1. The maximum atomic E-state index is 12.8. The second-order valence-corrected chi connectivity index (χ2v) is 6.47. The Labute approximate surface area is 150 Å². The van der Waals surface area contributed by atoms with Gasteiger partial charge in [0.05, 0.1) is 23.3 Å². The lowest BCUT2D eigenvalue weighted by molar-refractivity contribution is -0.137. The quantitative estimate of drug-likeness (QED) is 0.758. The second-order valence-electron chi connectivity index (χ2n) is 5.94. The number of halogens is 3. The highest BCUT2D eigenvalue weighted by atomic mass is 32.1. The first-order chi connectivity index (χ1) is 12.4. The van der Waals surface area contributed by atoms with Crippen LogP contribution in [0, 0.1) is 0 Å². The third-order valence-electron chi connectivity index (χ3n) is 4.13. The third kappa shape index (κ3) is 3.19. The molecule has 0 radical (unpaired) electrons. The van der Waals surface area contributed by atoms with E-state index in [0.29, 0.717) is 24.2 Å². The van der Waals surface area contributed by atoms with Gasteiger partial charge in [0, 0.05) is 24.8 Å². The Hall–Kier alpha value is -2.75. The van der Waals surface area contributed by atoms with Crippen molar-refractivity contribution in [2.75, 3.05) is 18.0 Å². The second kappa shape index (κ2) is 6.20. The van der Waals surface area contributed by atoms with Gasteiger partial charge in [0.2, 0.25) is 0 Å². The van der Waals surface area contributed by atoms with Crippen LogP contribution >= 0.6 is 11.7 Å². The molecule has 26 heavy (non-hydrogen) atoms. The molecule has 1 saturated heterocycles. The molecular weight excluding hydrogens is 367 g/mol. The number of nitrogens with one attached hydrogen (secondary N) is 1. The zero-order valence-corrected chi connectivity index (χ0v) is 14.0. The molecule has 1 aliphatic rings. The molecule has 0 unspecified atom stereocenters. The van der Waals surface area contributed by atoms with Gasteiger partial charge in [-0.3, -0.25) is 4.79 Å². The van der Waals surface area contributed by atoms with Crippen molar-refractivity contribution in [2.24, 2.45) is 0 Å². The summed E-state index contributed by atoms with van der Waals surface area (Å²) in [6.07, 6.45) is -3.26. The number of nitrogens with zero attached hydrogens (tertiary/aromatic N) is 4. The van der Waals surface area contributed by atoms with Gasteiger partial charge in [0.15, 0.2) is 0 Å². The van der Waals surface area contributed by atoms with Crippen LogP contribution in [0.3, 0.4) is 0 Å². The average Bonchev–Trinajstić information content (AvgIpc) is 3.04. The molecule has 4 rings (SSSR count). The minimum Gasteiger partial charge on any atom is -0.352 e. The van der Waals surface area contributed by atoms with E-state index in [1.165, 1.54) is 0 Å². The molecule has 0 saturated carbocycles. The number of rotatable bonds is 3. The van der Waals surface area contributed by atoms with Crippen molar-refractivity contribution in [1.82, 2.24) is 19.0 Å². The first kappa shape index (κ1) is 16.7. The van der Waals surface area contributed by atoms with Gasteiger partial charge in [0.25, 0.3) is 5.91 Å². The molecule has 0 atom stereocenters. The van der Waals surface area contributed by atoms with Crippen molar-refractivity contribution in [3.05, 3.63) is 47.7 Å². The summed E-state index contributed by atoms with van der Waals surface area (Å²) in [5.41, 5.74) is 1.13. The molecule has 0 aliphatic carbocycles. The van der Waals surface area contributed by atoms with Gasteiger partial charge in [-0.2, -0.15) is 21.9 Å². The zero-order valence-electron chi connectivity index (χ0n) is 13.2. The van der Waals surface area contributed by atoms with Crippen LogP contribution in [-0.4, -0.2) is 38.8 Å². The molecule has 1 aromatic carbocycles. The normalized spacial score (nSPS) is 15.1. The summed E-state index contributed by atoms with van der Waals surface area (Å²) < 4.78 is 46.5. The number of pyridine rings is 1. The Morgan fingerprint density at radius 3 is 2.69 bits per heavy atom. The number of fused-ring (bicyclic) bond motifs is 1. The number of aromatic nitrogens is 3. The van der Waals surface area contributed by atoms with Gasteiger partial charge >= 0.3 is 6.18 Å². The van der Waals surface area contributed by atoms with E-state index in [1.54, 1.807) is 23.1 Å². The van der Waals surface area contributed by atoms with Crippen molar-refractivity contribution in [2.45, 2.75) is 12.2 Å². The molecule has 0 spiro atoms. The maximum Gasteiger partial charge on any atom is 0.416 e. The van der Waals surface area contributed by atoms with Crippen LogP contribution in [0.25, 0.3) is 11.0 Å². The largest absolute Gasteiger partial charge is 0.416 e. The van der Waals surface area contributed by atoms with Gasteiger partial charge in [0.1, 0.15) is 16.9 Å². The zero-order chi connectivity index (χ0) is 18.3. The van der Waals surface area contributed by atoms with E-state index >= 15 is 0 Å². The number of benzene rings is 1. The average molecular weight is 379 g/mol. The summed E-state index contributed by atoms with van der Waals surface area (Å²) in [6.45, 7) is 0.807. The number of carbonyl (C=O) groups is 1. The van der Waals surface area contributed by atoms with Crippen molar-refractivity contribution in [3.63, 3.8) is 0 Å². The molecule has 1 fully saturated rings. The fourth-order valence-corrected chi connectivity index (χ4v) is 3.23. The van der Waals surface area contributed by atoms with Gasteiger partial charge in [-0.25, -0.2) is 4.98 Å². The molecule has 1 N–H and O–H groups in total. The van der Waals surface area contributed by atoms with Crippen molar-refractivity contribution in [1.29, 1.82) is 0 Å². The summed E-state index contributed by atoms with van der Waals surface area (Å²) >= 11 is 1.08. The van der Waals surface area contributed by atoms with E-state index in [1.807, 2.05) is 0 Å². The first-order valence-corrected chi connectivity index (χ1v) is 8.44. The molecule has 3 heterocycles. The third-order valence-corrected chi connectivity index (χ3v) is 4.69. The topological polar surface area (TPSA) is 71.0 Å². The number of alkyl halides is 3. The standard InChI is InChI=1S/C16H12F3N5OS/c17-16(18,19)10-3-4-20-14(6-10)24-7-11(8-24)21-15(25)9-1-2-12-13(5-9)23-26-22-12/h1-6,11H,7-8H2,(H,21,25). The maximum absolute atomic E-state index is 12.8. The first-order valence-electron chi connectivity index (χ1n) is 7.71. The van der Waals surface area contributed by atoms with E-state index in [9.17, 15) is 18.0 Å². The summed E-state index contributed by atoms with van der Waals surface area (Å²) in [4.78, 5) is 18.0. The molecule has 3 aromatic rings. The predicted octanol–water partition coefficient (Wildman–Crippen LogP) is 2.72. The Morgan fingerprint density at radius 1 is 1.15 bits per heavy atom. The highest BCUT2D eigenvalue weighted by Gasteiger charge is 2.34. The van der Waals surface area contributed by atoms with Gasteiger partial charge < -0.3 is 10.2 Å². The minimum absolute atomic E-state index is 0.150. The fraction of sp³-hybridized carbons (Fsp3) is 0.250. The van der Waals surface area contributed by atoms with Crippen LogP contribution in [0.15, 0.2) is 36.5 Å². The van der Waals surface area contributed by atoms with Crippen molar-refractivity contribution >= 4 is 34.5 Å². The van der Waals surface area contributed by atoms with Crippen LogP contribution in [0.5, 0.6) is 0 Å². The van der Waals surface area contributed by atoms with Gasteiger partial charge in [-0.15, -0.1) is 0 Å². The SMILES string of the molecule is O=C(NC1CN(c2cc(C(F)(F)F)ccn2)C1)c1ccc2nsnc2c1. The highest BCUT2D eigenvalue weighted by Crippen LogP contribution is 2.31. The molecule has 1 amide bonds. The highest BCUT2D eigenvalue weighted by molar-refractivity contribution is 7.00. The smallest absolute Gasteiger partial charge is 0.352 e. The Balaban J connectivity index is 1.38. The number of hydrogen-bond donors (Lipinski definition) is 1. The van der Waals surface area contributed by atoms with E-state index in [4.69, 9.17) is 0 Å². The minimum atomic E-state index is -4.40. The van der Waals surface area contributed by atoms with Crippen LogP contribution < -0.4 is 10.2 Å². The number of hydrogen-bond acceptors (Lipinski definition) is 6. The fourth-order valence-electron chi connectivity index (χ4n) is 2.72. The number of anilines is 1. The van der Waals surface area contributed by atoms with Crippen molar-refractivity contribution in [3.8, 4) is 0 Å². The lowest BCUT2D eigenvalue weighted by Gasteiger charge is -2.40. The van der Waals surface area contributed by atoms with Crippen LogP contribution in [0.4, 0.5) is 19.0 Å². The van der Waals surface area contributed by atoms with E-state index in [-0.39, 0.29) is 17.8 Å². The van der Waals surface area contributed by atoms with Crippen LogP contribution in [0.1, 0.15) is 15.9 Å². The molecule has 134 valence electrons. The van der Waals surface area contributed by atoms with E-state index < -0.39 is 11.7 Å². The Kier molecular flexibility index (Phi) is 3.98. The van der Waals surface area contributed by atoms with Crippen LogP contribution in [0.2, 0.25) is 0 Å². The van der Waals surface area contributed by atoms with Crippen molar-refractivity contribution < 1.29 is 18.0 Å². The molecule has 2 aromatic heterocycles. The summed E-state index contributed by atoms with van der Waals surface area (Å²) in [5, 5.41) is 2.86. The Bertz CT molecular complexity index is 968. The Morgan fingerprint density at radius 2 is 1.92 bits per heavy atom. The van der Waals surface area contributed by atoms with E-state index in [2.05, 4.69) is 19.0 Å². The molecule has 0 bridgehead atoms. The molecule has 6 nitrogen and oxygen atoms in total. The van der Waals surface area contributed by atoms with Crippen LogP contribution in [-0.2, 0) is 6.18 Å². The molecule has 1 aliphatic heterocycles.